The number of amides is 1. The molecular weight excluding hydrogens is 394 g/mol. The third-order valence-corrected chi connectivity index (χ3v) is 4.82. The summed E-state index contributed by atoms with van der Waals surface area (Å²) < 4.78 is 16.1. The molecule has 1 aromatic heterocycles. The lowest BCUT2D eigenvalue weighted by Gasteiger charge is -2.08. The normalized spacial score (nSPS) is 10.6. The third kappa shape index (κ3) is 4.93. The average molecular weight is 415 g/mol. The second kappa shape index (κ2) is 9.17. The van der Waals surface area contributed by atoms with Gasteiger partial charge in [0.25, 0.3) is 5.91 Å². The first kappa shape index (κ1) is 20.2. The highest BCUT2D eigenvalue weighted by molar-refractivity contribution is 5.94. The van der Waals surface area contributed by atoms with Gasteiger partial charge in [0.1, 0.15) is 17.1 Å². The monoisotopic (exact) mass is 415 g/mol. The molecule has 6 heteroatoms. The van der Waals surface area contributed by atoms with Crippen molar-refractivity contribution in [2.45, 2.75) is 13.0 Å². The minimum atomic E-state index is -0.444. The van der Waals surface area contributed by atoms with Gasteiger partial charge in [-0.15, -0.1) is 0 Å². The molecule has 156 valence electrons. The highest BCUT2D eigenvalue weighted by atomic mass is 16.5. The highest BCUT2D eigenvalue weighted by Crippen LogP contribution is 2.26. The Morgan fingerprint density at radius 1 is 0.935 bits per heavy atom. The van der Waals surface area contributed by atoms with Gasteiger partial charge in [0.2, 0.25) is 0 Å². The molecule has 1 amide bonds. The summed E-state index contributed by atoms with van der Waals surface area (Å²) >= 11 is 0. The topological polar surface area (TPSA) is 77.8 Å². The molecule has 0 radical (unpaired) electrons. The Balaban J connectivity index is 1.39. The van der Waals surface area contributed by atoms with Gasteiger partial charge in [0.15, 0.2) is 0 Å². The summed E-state index contributed by atoms with van der Waals surface area (Å²) in [6.07, 6.45) is 1.59. The van der Waals surface area contributed by atoms with Crippen LogP contribution in [0.25, 0.3) is 11.0 Å². The molecule has 4 aromatic rings. The number of carbonyl (C=O) groups excluding carboxylic acids is 2. The summed E-state index contributed by atoms with van der Waals surface area (Å²) in [5, 5.41) is 3.69. The lowest BCUT2D eigenvalue weighted by Crippen LogP contribution is -2.22. The van der Waals surface area contributed by atoms with Crippen LogP contribution in [0.15, 0.2) is 83.5 Å². The lowest BCUT2D eigenvalue weighted by molar-refractivity contribution is -0.133. The second-order valence-corrected chi connectivity index (χ2v) is 6.97. The molecule has 0 atom stereocenters. The molecule has 4 rings (SSSR count). The standard InChI is InChI=1S/C25H21NO5/c1-29-20-10-11-22-19(16-30-23(22)14-20)13-24(27)31-21-9-5-8-18(12-21)25(28)26-15-17-6-3-2-4-7-17/h2-12,14,16H,13,15H2,1H3,(H,26,28). The quantitative estimate of drug-likeness (QED) is 0.355. The summed E-state index contributed by atoms with van der Waals surface area (Å²) in [5.41, 5.74) is 2.78. The first-order valence-corrected chi connectivity index (χ1v) is 9.79. The van der Waals surface area contributed by atoms with E-state index in [0.29, 0.717) is 29.2 Å². The molecule has 3 aromatic carbocycles. The Hall–Kier alpha value is -4.06. The minimum absolute atomic E-state index is 0.0454. The number of benzene rings is 3. The predicted octanol–water partition coefficient (Wildman–Crippen LogP) is 4.52. The van der Waals surface area contributed by atoms with E-state index in [1.54, 1.807) is 43.7 Å². The van der Waals surface area contributed by atoms with Gasteiger partial charge >= 0.3 is 5.97 Å². The van der Waals surface area contributed by atoms with E-state index in [0.717, 1.165) is 16.5 Å². The van der Waals surface area contributed by atoms with E-state index in [1.807, 2.05) is 42.5 Å². The summed E-state index contributed by atoms with van der Waals surface area (Å²) in [5.74, 6) is 0.307. The maximum absolute atomic E-state index is 12.4. The molecule has 1 heterocycles. The van der Waals surface area contributed by atoms with Crippen LogP contribution in [-0.2, 0) is 17.8 Å². The maximum Gasteiger partial charge on any atom is 0.315 e. The fourth-order valence-corrected chi connectivity index (χ4v) is 3.23. The van der Waals surface area contributed by atoms with E-state index in [-0.39, 0.29) is 12.3 Å². The molecule has 31 heavy (non-hydrogen) atoms. The van der Waals surface area contributed by atoms with E-state index >= 15 is 0 Å². The van der Waals surface area contributed by atoms with Crippen LogP contribution in [0.3, 0.4) is 0 Å². The van der Waals surface area contributed by atoms with Crippen molar-refractivity contribution in [1.82, 2.24) is 5.32 Å². The Bertz CT molecular complexity index is 1210. The summed E-state index contributed by atoms with van der Waals surface area (Å²) in [6, 6.07) is 21.6. The van der Waals surface area contributed by atoms with E-state index in [2.05, 4.69) is 5.32 Å². The maximum atomic E-state index is 12.4. The Morgan fingerprint density at radius 3 is 2.58 bits per heavy atom. The zero-order chi connectivity index (χ0) is 21.6. The van der Waals surface area contributed by atoms with Crippen molar-refractivity contribution in [2.24, 2.45) is 0 Å². The van der Waals surface area contributed by atoms with Crippen LogP contribution in [0, 0.1) is 0 Å². The number of fused-ring (bicyclic) bond motifs is 1. The second-order valence-electron chi connectivity index (χ2n) is 6.97. The highest BCUT2D eigenvalue weighted by Gasteiger charge is 2.14. The van der Waals surface area contributed by atoms with Gasteiger partial charge in [-0.1, -0.05) is 36.4 Å². The molecule has 0 bridgehead atoms. The summed E-state index contributed by atoms with van der Waals surface area (Å²) in [6.45, 7) is 0.419. The fraction of sp³-hybridized carbons (Fsp3) is 0.120. The van der Waals surface area contributed by atoms with Crippen molar-refractivity contribution in [3.63, 3.8) is 0 Å². The van der Waals surface area contributed by atoms with Crippen molar-refractivity contribution >= 4 is 22.8 Å². The number of methoxy groups -OCH3 is 1. The first-order valence-electron chi connectivity index (χ1n) is 9.79. The Morgan fingerprint density at radius 2 is 1.77 bits per heavy atom. The zero-order valence-corrected chi connectivity index (χ0v) is 17.0. The van der Waals surface area contributed by atoms with E-state index in [9.17, 15) is 9.59 Å². The smallest absolute Gasteiger partial charge is 0.315 e. The molecular formula is C25H21NO5. The van der Waals surface area contributed by atoms with Gasteiger partial charge < -0.3 is 19.2 Å². The molecule has 0 spiro atoms. The van der Waals surface area contributed by atoms with Crippen LogP contribution in [0.1, 0.15) is 21.5 Å². The van der Waals surface area contributed by atoms with Crippen LogP contribution in [-0.4, -0.2) is 19.0 Å². The van der Waals surface area contributed by atoms with Gasteiger partial charge in [-0.05, 0) is 35.9 Å². The van der Waals surface area contributed by atoms with E-state index in [4.69, 9.17) is 13.9 Å². The van der Waals surface area contributed by atoms with Crippen molar-refractivity contribution in [3.05, 3.63) is 95.7 Å². The van der Waals surface area contributed by atoms with Crippen LogP contribution in [0.4, 0.5) is 0 Å². The van der Waals surface area contributed by atoms with Crippen molar-refractivity contribution in [3.8, 4) is 11.5 Å². The number of hydrogen-bond donors (Lipinski definition) is 1. The van der Waals surface area contributed by atoms with Crippen molar-refractivity contribution in [2.75, 3.05) is 7.11 Å². The Labute approximate surface area is 179 Å². The molecule has 0 aliphatic rings. The van der Waals surface area contributed by atoms with Crippen LogP contribution >= 0.6 is 0 Å². The number of esters is 1. The van der Waals surface area contributed by atoms with Gasteiger partial charge in [0, 0.05) is 29.1 Å². The molecule has 0 saturated heterocycles. The Kier molecular flexibility index (Phi) is 5.98. The largest absolute Gasteiger partial charge is 0.497 e. The number of nitrogens with one attached hydrogen (secondary N) is 1. The number of hydrogen-bond acceptors (Lipinski definition) is 5. The zero-order valence-electron chi connectivity index (χ0n) is 17.0. The minimum Gasteiger partial charge on any atom is -0.497 e. The molecule has 0 unspecified atom stereocenters. The molecule has 0 saturated carbocycles. The molecule has 1 N–H and O–H groups in total. The van der Waals surface area contributed by atoms with Crippen LogP contribution in [0.2, 0.25) is 0 Å². The fourth-order valence-electron chi connectivity index (χ4n) is 3.23. The van der Waals surface area contributed by atoms with Gasteiger partial charge in [-0.25, -0.2) is 0 Å². The molecule has 0 aliphatic heterocycles. The summed E-state index contributed by atoms with van der Waals surface area (Å²) in [7, 11) is 1.58. The van der Waals surface area contributed by atoms with Gasteiger partial charge in [-0.2, -0.15) is 0 Å². The third-order valence-electron chi connectivity index (χ3n) is 4.82. The van der Waals surface area contributed by atoms with E-state index < -0.39 is 5.97 Å². The number of rotatable bonds is 7. The van der Waals surface area contributed by atoms with Crippen molar-refractivity contribution in [1.29, 1.82) is 0 Å². The molecule has 6 nitrogen and oxygen atoms in total. The van der Waals surface area contributed by atoms with Crippen molar-refractivity contribution < 1.29 is 23.5 Å². The van der Waals surface area contributed by atoms with Crippen LogP contribution < -0.4 is 14.8 Å². The van der Waals surface area contributed by atoms with Crippen LogP contribution in [0.5, 0.6) is 11.5 Å². The average Bonchev–Trinajstić information content (AvgIpc) is 3.20. The lowest BCUT2D eigenvalue weighted by atomic mass is 10.1. The molecule has 0 fully saturated rings. The van der Waals surface area contributed by atoms with Gasteiger partial charge in [0.05, 0.1) is 19.8 Å². The number of ether oxygens (including phenoxy) is 2. The number of carbonyl (C=O) groups is 2. The van der Waals surface area contributed by atoms with Gasteiger partial charge in [-0.3, -0.25) is 9.59 Å². The first-order chi connectivity index (χ1) is 15.1. The number of furan rings is 1. The van der Waals surface area contributed by atoms with E-state index in [1.165, 1.54) is 0 Å². The predicted molar refractivity (Wildman–Crippen MR) is 116 cm³/mol. The molecule has 0 aliphatic carbocycles. The SMILES string of the molecule is COc1ccc2c(CC(=O)Oc3cccc(C(=O)NCc4ccccc4)c3)coc2c1. The summed E-state index contributed by atoms with van der Waals surface area (Å²) in [4.78, 5) is 24.9.